The highest BCUT2D eigenvalue weighted by Crippen LogP contribution is 2.37. The number of aromatic nitrogens is 3. The standard InChI is InChI=1S/C8H10F5N5/c1-2-15-6-17-4(16-5(14)18-6)3-7(9,10)8(11,12)13/h2-3H2,1H3,(H3,14,15,16,17,18). The van der Waals surface area contributed by atoms with Gasteiger partial charge in [0.2, 0.25) is 11.9 Å². The second-order valence-corrected chi connectivity index (χ2v) is 3.34. The summed E-state index contributed by atoms with van der Waals surface area (Å²) >= 11 is 0. The van der Waals surface area contributed by atoms with E-state index in [1.165, 1.54) is 0 Å². The van der Waals surface area contributed by atoms with Crippen LogP contribution in [0.4, 0.5) is 33.8 Å². The Kier molecular flexibility index (Phi) is 3.87. The molecule has 18 heavy (non-hydrogen) atoms. The van der Waals surface area contributed by atoms with Crippen molar-refractivity contribution in [3.8, 4) is 0 Å². The maximum atomic E-state index is 12.8. The third kappa shape index (κ3) is 3.37. The summed E-state index contributed by atoms with van der Waals surface area (Å²) in [5, 5.41) is 2.54. The third-order valence-corrected chi connectivity index (χ3v) is 1.83. The topological polar surface area (TPSA) is 76.7 Å². The molecule has 0 saturated heterocycles. The van der Waals surface area contributed by atoms with Gasteiger partial charge in [-0.1, -0.05) is 0 Å². The third-order valence-electron chi connectivity index (χ3n) is 1.83. The van der Waals surface area contributed by atoms with Crippen molar-refractivity contribution >= 4 is 11.9 Å². The highest BCUT2D eigenvalue weighted by molar-refractivity contribution is 5.31. The molecule has 0 aliphatic rings. The van der Waals surface area contributed by atoms with E-state index in [0.717, 1.165) is 0 Å². The van der Waals surface area contributed by atoms with Crippen molar-refractivity contribution in [3.63, 3.8) is 0 Å². The lowest BCUT2D eigenvalue weighted by molar-refractivity contribution is -0.281. The first-order valence-corrected chi connectivity index (χ1v) is 4.84. The van der Waals surface area contributed by atoms with Crippen molar-refractivity contribution in [2.24, 2.45) is 0 Å². The van der Waals surface area contributed by atoms with Gasteiger partial charge in [-0.3, -0.25) is 0 Å². The van der Waals surface area contributed by atoms with E-state index in [4.69, 9.17) is 5.73 Å². The number of hydrogen-bond acceptors (Lipinski definition) is 5. The Morgan fingerprint density at radius 3 is 2.22 bits per heavy atom. The molecule has 0 bridgehead atoms. The van der Waals surface area contributed by atoms with E-state index >= 15 is 0 Å². The van der Waals surface area contributed by atoms with Crippen LogP contribution in [-0.2, 0) is 6.42 Å². The van der Waals surface area contributed by atoms with Gasteiger partial charge in [0.05, 0.1) is 6.42 Å². The largest absolute Gasteiger partial charge is 0.453 e. The van der Waals surface area contributed by atoms with Crippen LogP contribution in [0.15, 0.2) is 0 Å². The second-order valence-electron chi connectivity index (χ2n) is 3.34. The summed E-state index contributed by atoms with van der Waals surface area (Å²) in [6.07, 6.45) is -7.34. The lowest BCUT2D eigenvalue weighted by atomic mass is 10.2. The number of halogens is 5. The highest BCUT2D eigenvalue weighted by Gasteiger charge is 2.57. The molecule has 1 heterocycles. The number of nitrogens with one attached hydrogen (secondary N) is 1. The zero-order valence-corrected chi connectivity index (χ0v) is 9.22. The van der Waals surface area contributed by atoms with Gasteiger partial charge in [-0.15, -0.1) is 0 Å². The quantitative estimate of drug-likeness (QED) is 0.814. The van der Waals surface area contributed by atoms with E-state index in [-0.39, 0.29) is 5.95 Å². The Morgan fingerprint density at radius 1 is 1.11 bits per heavy atom. The number of rotatable bonds is 4. The van der Waals surface area contributed by atoms with Crippen molar-refractivity contribution < 1.29 is 22.0 Å². The fraction of sp³-hybridized carbons (Fsp3) is 0.625. The predicted molar refractivity (Wildman–Crippen MR) is 53.1 cm³/mol. The molecule has 5 nitrogen and oxygen atoms in total. The van der Waals surface area contributed by atoms with E-state index in [2.05, 4.69) is 20.3 Å². The van der Waals surface area contributed by atoms with Gasteiger partial charge in [0.15, 0.2) is 0 Å². The lowest BCUT2D eigenvalue weighted by Crippen LogP contribution is -2.39. The van der Waals surface area contributed by atoms with Crippen LogP contribution < -0.4 is 11.1 Å². The van der Waals surface area contributed by atoms with Crippen LogP contribution in [0.5, 0.6) is 0 Å². The molecular formula is C8H10F5N5. The van der Waals surface area contributed by atoms with Crippen molar-refractivity contribution in [2.45, 2.75) is 25.4 Å². The molecule has 0 saturated carbocycles. The maximum Gasteiger partial charge on any atom is 0.453 e. The Hall–Kier alpha value is -1.74. The predicted octanol–water partition coefficient (Wildman–Crippen LogP) is 1.63. The molecular weight excluding hydrogens is 261 g/mol. The molecule has 102 valence electrons. The van der Waals surface area contributed by atoms with Crippen molar-refractivity contribution in [3.05, 3.63) is 5.82 Å². The molecule has 0 aliphatic carbocycles. The van der Waals surface area contributed by atoms with Gasteiger partial charge in [-0.05, 0) is 6.92 Å². The van der Waals surface area contributed by atoms with Gasteiger partial charge in [0.1, 0.15) is 5.82 Å². The van der Waals surface area contributed by atoms with Crippen LogP contribution in [0.1, 0.15) is 12.7 Å². The Bertz CT molecular complexity index is 419. The van der Waals surface area contributed by atoms with Gasteiger partial charge in [0, 0.05) is 6.54 Å². The van der Waals surface area contributed by atoms with Crippen LogP contribution >= 0.6 is 0 Å². The molecule has 0 aliphatic heterocycles. The molecule has 0 radical (unpaired) electrons. The molecule has 1 aromatic heterocycles. The second kappa shape index (κ2) is 4.86. The minimum atomic E-state index is -5.66. The zero-order valence-electron chi connectivity index (χ0n) is 9.22. The summed E-state index contributed by atoms with van der Waals surface area (Å²) in [5.74, 6) is -6.20. The van der Waals surface area contributed by atoms with Crippen LogP contribution in [-0.4, -0.2) is 33.6 Å². The van der Waals surface area contributed by atoms with Crippen molar-refractivity contribution in [1.82, 2.24) is 15.0 Å². The van der Waals surface area contributed by atoms with Gasteiger partial charge in [0.25, 0.3) is 0 Å². The molecule has 0 aromatic carbocycles. The highest BCUT2D eigenvalue weighted by atomic mass is 19.4. The molecule has 3 N–H and O–H groups in total. The number of hydrogen-bond donors (Lipinski definition) is 2. The average Bonchev–Trinajstić information content (AvgIpc) is 2.13. The van der Waals surface area contributed by atoms with Crippen molar-refractivity contribution in [1.29, 1.82) is 0 Å². The minimum Gasteiger partial charge on any atom is -0.368 e. The molecule has 10 heteroatoms. The molecule has 0 spiro atoms. The Balaban J connectivity index is 2.97. The Morgan fingerprint density at radius 2 is 1.72 bits per heavy atom. The fourth-order valence-electron chi connectivity index (χ4n) is 1.05. The number of nitrogens with zero attached hydrogens (tertiary/aromatic N) is 3. The smallest absolute Gasteiger partial charge is 0.368 e. The lowest BCUT2D eigenvalue weighted by Gasteiger charge is -2.18. The number of anilines is 2. The zero-order chi connectivity index (χ0) is 14.0. The summed E-state index contributed by atoms with van der Waals surface area (Å²) in [6, 6.07) is 0. The molecule has 1 aromatic rings. The maximum absolute atomic E-state index is 12.8. The monoisotopic (exact) mass is 271 g/mol. The molecule has 0 amide bonds. The average molecular weight is 271 g/mol. The van der Waals surface area contributed by atoms with E-state index in [1.54, 1.807) is 6.92 Å². The van der Waals surface area contributed by atoms with Crippen LogP contribution in [0.3, 0.4) is 0 Å². The Labute approximate surface area is 98.6 Å². The summed E-state index contributed by atoms with van der Waals surface area (Å²) in [4.78, 5) is 10.2. The summed E-state index contributed by atoms with van der Waals surface area (Å²) < 4.78 is 61.6. The molecule has 0 atom stereocenters. The first kappa shape index (κ1) is 14.3. The van der Waals surface area contributed by atoms with E-state index in [0.29, 0.717) is 6.54 Å². The van der Waals surface area contributed by atoms with E-state index in [1.807, 2.05) is 0 Å². The minimum absolute atomic E-state index is 0.141. The number of alkyl halides is 5. The van der Waals surface area contributed by atoms with E-state index in [9.17, 15) is 22.0 Å². The van der Waals surface area contributed by atoms with Crippen LogP contribution in [0.2, 0.25) is 0 Å². The number of nitrogen functional groups attached to an aromatic ring is 1. The van der Waals surface area contributed by atoms with Crippen LogP contribution in [0, 0.1) is 0 Å². The normalized spacial score (nSPS) is 12.6. The van der Waals surface area contributed by atoms with Gasteiger partial charge < -0.3 is 11.1 Å². The first-order valence-electron chi connectivity index (χ1n) is 4.84. The van der Waals surface area contributed by atoms with Gasteiger partial charge in [-0.2, -0.15) is 36.9 Å². The SMILES string of the molecule is CCNc1nc(N)nc(CC(F)(F)C(F)(F)F)n1. The van der Waals surface area contributed by atoms with Crippen LogP contribution in [0.25, 0.3) is 0 Å². The van der Waals surface area contributed by atoms with Gasteiger partial charge >= 0.3 is 12.1 Å². The fourth-order valence-corrected chi connectivity index (χ4v) is 1.05. The van der Waals surface area contributed by atoms with E-state index < -0.39 is 30.3 Å². The molecule has 0 fully saturated rings. The number of nitrogens with two attached hydrogens (primary N) is 1. The van der Waals surface area contributed by atoms with Gasteiger partial charge in [-0.25, -0.2) is 0 Å². The van der Waals surface area contributed by atoms with Crippen molar-refractivity contribution in [2.75, 3.05) is 17.6 Å². The first-order chi connectivity index (χ1) is 8.15. The molecule has 1 rings (SSSR count). The molecule has 0 unspecified atom stereocenters. The summed E-state index contributed by atoms with van der Waals surface area (Å²) in [5.41, 5.74) is 5.19. The summed E-state index contributed by atoms with van der Waals surface area (Å²) in [6.45, 7) is 2.03. The summed E-state index contributed by atoms with van der Waals surface area (Å²) in [7, 11) is 0.